The number of Topliss-reactive ketones (excluding diaryl/α,β-unsaturated/α-hetero) is 1. The maximum atomic E-state index is 12.0. The fourth-order valence-corrected chi connectivity index (χ4v) is 1.95. The van der Waals surface area contributed by atoms with Gasteiger partial charge in [0, 0.05) is 28.2 Å². The Balaban J connectivity index is 2.23. The fourth-order valence-electron chi connectivity index (χ4n) is 1.95. The molecular weight excluding hydrogens is 274 g/mol. The van der Waals surface area contributed by atoms with Crippen LogP contribution in [0.1, 0.15) is 45.7 Å². The number of rotatable bonds is 3. The Labute approximate surface area is 130 Å². The SMILES string of the molecule is CC(C)C(=O)c1cccc(C#Cc2ccc(C(N)=O)cc2)c1. The molecule has 0 saturated carbocycles. The van der Waals surface area contributed by atoms with Crippen LogP contribution in [-0.2, 0) is 0 Å². The second kappa shape index (κ2) is 6.73. The summed E-state index contributed by atoms with van der Waals surface area (Å²) in [5, 5.41) is 0. The van der Waals surface area contributed by atoms with Crippen LogP contribution >= 0.6 is 0 Å². The van der Waals surface area contributed by atoms with E-state index in [2.05, 4.69) is 11.8 Å². The standard InChI is InChI=1S/C19H17NO2/c1-13(2)18(21)17-5-3-4-15(12-17)7-6-14-8-10-16(11-9-14)19(20)22/h3-5,8-13H,1-2H3,(H2,20,22). The van der Waals surface area contributed by atoms with E-state index < -0.39 is 5.91 Å². The van der Waals surface area contributed by atoms with E-state index in [1.54, 1.807) is 36.4 Å². The molecule has 0 bridgehead atoms. The van der Waals surface area contributed by atoms with Gasteiger partial charge in [0.2, 0.25) is 5.91 Å². The van der Waals surface area contributed by atoms with Crippen molar-refractivity contribution in [2.75, 3.05) is 0 Å². The number of amides is 1. The van der Waals surface area contributed by atoms with Crippen LogP contribution in [0.4, 0.5) is 0 Å². The lowest BCUT2D eigenvalue weighted by molar-refractivity contribution is 0.0938. The number of ketones is 1. The molecule has 2 N–H and O–H groups in total. The van der Waals surface area contributed by atoms with E-state index in [1.807, 2.05) is 26.0 Å². The number of carbonyl (C=O) groups excluding carboxylic acids is 2. The molecule has 0 spiro atoms. The summed E-state index contributed by atoms with van der Waals surface area (Å²) in [5.74, 6) is 5.64. The van der Waals surface area contributed by atoms with E-state index in [-0.39, 0.29) is 11.7 Å². The number of benzene rings is 2. The molecule has 0 unspecified atom stereocenters. The van der Waals surface area contributed by atoms with Gasteiger partial charge in [-0.1, -0.05) is 37.8 Å². The predicted molar refractivity (Wildman–Crippen MR) is 86.6 cm³/mol. The van der Waals surface area contributed by atoms with E-state index >= 15 is 0 Å². The molecule has 0 aliphatic carbocycles. The molecule has 3 nitrogen and oxygen atoms in total. The minimum Gasteiger partial charge on any atom is -0.366 e. The third-order valence-electron chi connectivity index (χ3n) is 3.19. The van der Waals surface area contributed by atoms with Crippen molar-refractivity contribution in [2.45, 2.75) is 13.8 Å². The molecule has 1 amide bonds. The number of hydrogen-bond donors (Lipinski definition) is 1. The first-order chi connectivity index (χ1) is 10.5. The first-order valence-electron chi connectivity index (χ1n) is 7.03. The normalized spacial score (nSPS) is 9.95. The van der Waals surface area contributed by atoms with Crippen molar-refractivity contribution in [3.05, 3.63) is 70.8 Å². The molecule has 2 aromatic rings. The molecular formula is C19H17NO2. The molecule has 22 heavy (non-hydrogen) atoms. The van der Waals surface area contributed by atoms with Gasteiger partial charge in [0.1, 0.15) is 0 Å². The van der Waals surface area contributed by atoms with Crippen LogP contribution in [0.15, 0.2) is 48.5 Å². The molecule has 0 saturated heterocycles. The maximum Gasteiger partial charge on any atom is 0.248 e. The van der Waals surface area contributed by atoms with E-state index in [9.17, 15) is 9.59 Å². The van der Waals surface area contributed by atoms with E-state index in [1.165, 1.54) is 0 Å². The number of primary amides is 1. The minimum absolute atomic E-state index is 0.0375. The Morgan fingerprint density at radius 2 is 1.55 bits per heavy atom. The summed E-state index contributed by atoms with van der Waals surface area (Å²) >= 11 is 0. The van der Waals surface area contributed by atoms with Crippen LogP contribution in [0.5, 0.6) is 0 Å². The second-order valence-electron chi connectivity index (χ2n) is 5.29. The monoisotopic (exact) mass is 291 g/mol. The average Bonchev–Trinajstić information content (AvgIpc) is 2.52. The molecule has 0 radical (unpaired) electrons. The van der Waals surface area contributed by atoms with Crippen molar-refractivity contribution in [3.63, 3.8) is 0 Å². The Morgan fingerprint density at radius 1 is 0.909 bits per heavy atom. The summed E-state index contributed by atoms with van der Waals surface area (Å²) in [6.07, 6.45) is 0. The molecule has 110 valence electrons. The van der Waals surface area contributed by atoms with Crippen LogP contribution in [0.25, 0.3) is 0 Å². The van der Waals surface area contributed by atoms with Crippen molar-refractivity contribution in [3.8, 4) is 11.8 Å². The van der Waals surface area contributed by atoms with Crippen LogP contribution in [0.2, 0.25) is 0 Å². The number of hydrogen-bond acceptors (Lipinski definition) is 2. The van der Waals surface area contributed by atoms with E-state index in [4.69, 9.17) is 5.73 Å². The van der Waals surface area contributed by atoms with Gasteiger partial charge in [-0.3, -0.25) is 9.59 Å². The van der Waals surface area contributed by atoms with Gasteiger partial charge in [0.15, 0.2) is 5.78 Å². The molecule has 3 heteroatoms. The van der Waals surface area contributed by atoms with Gasteiger partial charge in [0.05, 0.1) is 0 Å². The quantitative estimate of drug-likeness (QED) is 0.698. The summed E-state index contributed by atoms with van der Waals surface area (Å²) in [4.78, 5) is 23.0. The largest absolute Gasteiger partial charge is 0.366 e. The van der Waals surface area contributed by atoms with Crippen molar-refractivity contribution >= 4 is 11.7 Å². The van der Waals surface area contributed by atoms with Crippen LogP contribution < -0.4 is 5.73 Å². The van der Waals surface area contributed by atoms with E-state index in [0.29, 0.717) is 11.1 Å². The zero-order valence-electron chi connectivity index (χ0n) is 12.6. The number of nitrogens with two attached hydrogens (primary N) is 1. The zero-order valence-corrected chi connectivity index (χ0v) is 12.6. The lowest BCUT2D eigenvalue weighted by atomic mass is 9.99. The fraction of sp³-hybridized carbons (Fsp3) is 0.158. The highest BCUT2D eigenvalue weighted by molar-refractivity contribution is 5.97. The van der Waals surface area contributed by atoms with Crippen LogP contribution in [0.3, 0.4) is 0 Å². The number of carbonyl (C=O) groups is 2. The van der Waals surface area contributed by atoms with Gasteiger partial charge in [-0.15, -0.1) is 0 Å². The molecule has 2 rings (SSSR count). The third kappa shape index (κ3) is 3.83. The van der Waals surface area contributed by atoms with Crippen LogP contribution in [0, 0.1) is 17.8 Å². The molecule has 0 aliphatic heterocycles. The second-order valence-corrected chi connectivity index (χ2v) is 5.29. The highest BCUT2D eigenvalue weighted by atomic mass is 16.1. The zero-order chi connectivity index (χ0) is 16.1. The Kier molecular flexibility index (Phi) is 4.75. The Bertz CT molecular complexity index is 762. The molecule has 0 heterocycles. The van der Waals surface area contributed by atoms with Gasteiger partial charge in [0.25, 0.3) is 0 Å². The van der Waals surface area contributed by atoms with Crippen molar-refractivity contribution in [1.29, 1.82) is 0 Å². The van der Waals surface area contributed by atoms with Crippen LogP contribution in [-0.4, -0.2) is 11.7 Å². The molecule has 0 atom stereocenters. The van der Waals surface area contributed by atoms with Crippen molar-refractivity contribution in [1.82, 2.24) is 0 Å². The lowest BCUT2D eigenvalue weighted by Gasteiger charge is -2.03. The van der Waals surface area contributed by atoms with E-state index in [0.717, 1.165) is 11.1 Å². The molecule has 0 aliphatic rings. The summed E-state index contributed by atoms with van der Waals surface area (Å²) in [7, 11) is 0. The third-order valence-corrected chi connectivity index (χ3v) is 3.19. The van der Waals surface area contributed by atoms with Crippen molar-refractivity contribution < 1.29 is 9.59 Å². The first-order valence-corrected chi connectivity index (χ1v) is 7.03. The van der Waals surface area contributed by atoms with Gasteiger partial charge in [-0.25, -0.2) is 0 Å². The summed E-state index contributed by atoms with van der Waals surface area (Å²) in [6.45, 7) is 3.75. The summed E-state index contributed by atoms with van der Waals surface area (Å²) < 4.78 is 0. The van der Waals surface area contributed by atoms with Gasteiger partial charge < -0.3 is 5.73 Å². The van der Waals surface area contributed by atoms with Gasteiger partial charge in [-0.2, -0.15) is 0 Å². The predicted octanol–water partition coefficient (Wildman–Crippen LogP) is 3.02. The van der Waals surface area contributed by atoms with Gasteiger partial charge in [-0.05, 0) is 36.4 Å². The molecule has 0 aromatic heterocycles. The Hall–Kier alpha value is -2.86. The summed E-state index contributed by atoms with van der Waals surface area (Å²) in [6, 6.07) is 14.1. The smallest absolute Gasteiger partial charge is 0.248 e. The highest BCUT2D eigenvalue weighted by Crippen LogP contribution is 2.10. The average molecular weight is 291 g/mol. The summed E-state index contributed by atoms with van der Waals surface area (Å²) in [5.41, 5.74) is 7.88. The van der Waals surface area contributed by atoms with Gasteiger partial charge >= 0.3 is 0 Å². The minimum atomic E-state index is -0.459. The maximum absolute atomic E-state index is 12.0. The highest BCUT2D eigenvalue weighted by Gasteiger charge is 2.09. The molecule has 0 fully saturated rings. The Morgan fingerprint density at radius 3 is 2.14 bits per heavy atom. The topological polar surface area (TPSA) is 60.2 Å². The lowest BCUT2D eigenvalue weighted by Crippen LogP contribution is -2.10. The molecule has 2 aromatic carbocycles. The first kappa shape index (κ1) is 15.5. The van der Waals surface area contributed by atoms with Crippen molar-refractivity contribution in [2.24, 2.45) is 11.7 Å².